The molecule has 2 aromatic rings. The minimum atomic E-state index is 0.0962. The van der Waals surface area contributed by atoms with Crippen molar-refractivity contribution in [3.8, 4) is 5.82 Å². The largest absolute Gasteiger partial charge is 0.366 e. The Hall–Kier alpha value is -1.89. The normalized spacial score (nSPS) is 19.6. The van der Waals surface area contributed by atoms with Crippen molar-refractivity contribution >= 4 is 0 Å². The second kappa shape index (κ2) is 2.81. The fourth-order valence-corrected chi connectivity index (χ4v) is 1.12. The number of hydrogen-bond donors (Lipinski definition) is 0. The molecule has 7 heteroatoms. The van der Waals surface area contributed by atoms with E-state index in [-0.39, 0.29) is 6.10 Å². The van der Waals surface area contributed by atoms with Crippen LogP contribution in [0.2, 0.25) is 0 Å². The number of ether oxygens (including phenoxy) is 1. The molecule has 0 aliphatic carbocycles. The first-order valence-electron chi connectivity index (χ1n) is 4.10. The first kappa shape index (κ1) is 7.51. The number of epoxide rings is 1. The third kappa shape index (κ3) is 1.23. The van der Waals surface area contributed by atoms with E-state index in [2.05, 4.69) is 25.5 Å². The number of nitrogens with zero attached hydrogens (tertiary/aromatic N) is 6. The van der Waals surface area contributed by atoms with Crippen molar-refractivity contribution in [1.29, 1.82) is 0 Å². The molecule has 2 aromatic heterocycles. The van der Waals surface area contributed by atoms with E-state index < -0.39 is 0 Å². The lowest BCUT2D eigenvalue weighted by Gasteiger charge is -1.98. The Balaban J connectivity index is 2.02. The molecule has 3 rings (SSSR count). The maximum Gasteiger partial charge on any atom is 0.175 e. The molecule has 1 fully saturated rings. The second-order valence-corrected chi connectivity index (χ2v) is 2.88. The van der Waals surface area contributed by atoms with Gasteiger partial charge < -0.3 is 4.74 Å². The topological polar surface area (TPSA) is 81.9 Å². The summed E-state index contributed by atoms with van der Waals surface area (Å²) < 4.78 is 6.56. The van der Waals surface area contributed by atoms with E-state index in [1.54, 1.807) is 12.4 Å². The Bertz CT molecular complexity index is 437. The van der Waals surface area contributed by atoms with E-state index in [1.807, 2.05) is 0 Å². The highest BCUT2D eigenvalue weighted by Crippen LogP contribution is 2.27. The van der Waals surface area contributed by atoms with Crippen LogP contribution < -0.4 is 0 Å². The van der Waals surface area contributed by atoms with Crippen LogP contribution in [-0.2, 0) is 4.74 Å². The van der Waals surface area contributed by atoms with E-state index in [4.69, 9.17) is 4.74 Å². The summed E-state index contributed by atoms with van der Waals surface area (Å²) >= 11 is 0. The summed E-state index contributed by atoms with van der Waals surface area (Å²) in [7, 11) is 0. The van der Waals surface area contributed by atoms with Crippen LogP contribution in [0.4, 0.5) is 0 Å². The molecule has 7 nitrogen and oxygen atoms in total. The van der Waals surface area contributed by atoms with Gasteiger partial charge in [0.25, 0.3) is 0 Å². The Morgan fingerprint density at radius 1 is 1.43 bits per heavy atom. The molecule has 0 unspecified atom stereocenters. The minimum absolute atomic E-state index is 0.0962. The SMILES string of the molecule is c1ncc(-n2cnnn2)nc1[C@@H]1CO1. The van der Waals surface area contributed by atoms with Crippen LogP contribution in [-0.4, -0.2) is 36.8 Å². The smallest absolute Gasteiger partial charge is 0.175 e. The van der Waals surface area contributed by atoms with Gasteiger partial charge in [-0.05, 0) is 10.4 Å². The quantitative estimate of drug-likeness (QED) is 0.595. The molecule has 14 heavy (non-hydrogen) atoms. The van der Waals surface area contributed by atoms with Crippen molar-refractivity contribution in [3.05, 3.63) is 24.4 Å². The molecule has 1 aliphatic heterocycles. The zero-order valence-corrected chi connectivity index (χ0v) is 7.11. The Kier molecular flexibility index (Phi) is 1.51. The van der Waals surface area contributed by atoms with Crippen molar-refractivity contribution in [3.63, 3.8) is 0 Å². The highest BCUT2D eigenvalue weighted by Gasteiger charge is 2.26. The average molecular weight is 190 g/mol. The molecule has 0 radical (unpaired) electrons. The maximum absolute atomic E-state index is 5.10. The maximum atomic E-state index is 5.10. The summed E-state index contributed by atoms with van der Waals surface area (Å²) in [6.07, 6.45) is 4.86. The molecule has 1 aliphatic rings. The van der Waals surface area contributed by atoms with Crippen LogP contribution in [0, 0.1) is 0 Å². The van der Waals surface area contributed by atoms with E-state index in [1.165, 1.54) is 11.0 Å². The Morgan fingerprint density at radius 3 is 3.07 bits per heavy atom. The van der Waals surface area contributed by atoms with Crippen LogP contribution in [0.25, 0.3) is 5.82 Å². The molecule has 0 saturated carbocycles. The molecule has 1 saturated heterocycles. The second-order valence-electron chi connectivity index (χ2n) is 2.88. The van der Waals surface area contributed by atoms with Gasteiger partial charge in [0, 0.05) is 0 Å². The lowest BCUT2D eigenvalue weighted by molar-refractivity contribution is 0.410. The van der Waals surface area contributed by atoms with Crippen LogP contribution in [0.1, 0.15) is 11.8 Å². The minimum Gasteiger partial charge on any atom is -0.366 e. The van der Waals surface area contributed by atoms with Gasteiger partial charge in [-0.1, -0.05) is 0 Å². The molecule has 0 aromatic carbocycles. The van der Waals surface area contributed by atoms with Gasteiger partial charge in [0.15, 0.2) is 5.82 Å². The molecule has 0 amide bonds. The Morgan fingerprint density at radius 2 is 2.36 bits per heavy atom. The summed E-state index contributed by atoms with van der Waals surface area (Å²) in [4.78, 5) is 8.35. The molecule has 0 spiro atoms. The van der Waals surface area contributed by atoms with Gasteiger partial charge >= 0.3 is 0 Å². The first-order chi connectivity index (χ1) is 6.93. The van der Waals surface area contributed by atoms with Gasteiger partial charge in [-0.3, -0.25) is 4.98 Å². The zero-order chi connectivity index (χ0) is 9.38. The first-order valence-corrected chi connectivity index (χ1v) is 4.10. The van der Waals surface area contributed by atoms with Crippen LogP contribution in [0.3, 0.4) is 0 Å². The van der Waals surface area contributed by atoms with Gasteiger partial charge in [0.05, 0.1) is 24.7 Å². The molecular weight excluding hydrogens is 184 g/mol. The van der Waals surface area contributed by atoms with E-state index in [0.29, 0.717) is 12.4 Å². The predicted octanol–water partition coefficient (Wildman–Crippen LogP) is -0.476. The van der Waals surface area contributed by atoms with E-state index >= 15 is 0 Å². The van der Waals surface area contributed by atoms with Gasteiger partial charge in [0.2, 0.25) is 0 Å². The standard InChI is InChI=1S/C7H6N6O/c1-5(6-3-14-6)10-7(2-8-1)13-4-9-11-12-13/h1-2,4,6H,3H2/t6-/m0/s1. The summed E-state index contributed by atoms with van der Waals surface area (Å²) in [6, 6.07) is 0. The van der Waals surface area contributed by atoms with E-state index in [9.17, 15) is 0 Å². The van der Waals surface area contributed by atoms with Crippen LogP contribution >= 0.6 is 0 Å². The van der Waals surface area contributed by atoms with Crippen molar-refractivity contribution < 1.29 is 4.74 Å². The van der Waals surface area contributed by atoms with Crippen molar-refractivity contribution in [1.82, 2.24) is 30.2 Å². The molecule has 3 heterocycles. The summed E-state index contributed by atoms with van der Waals surface area (Å²) in [5.41, 5.74) is 0.818. The van der Waals surface area contributed by atoms with Crippen molar-refractivity contribution in [2.24, 2.45) is 0 Å². The number of rotatable bonds is 2. The molecular formula is C7H6N6O. The summed E-state index contributed by atoms with van der Waals surface area (Å²) in [5, 5.41) is 10.8. The molecule has 0 bridgehead atoms. The highest BCUT2D eigenvalue weighted by atomic mass is 16.6. The lowest BCUT2D eigenvalue weighted by atomic mass is 10.3. The predicted molar refractivity (Wildman–Crippen MR) is 43.4 cm³/mol. The van der Waals surface area contributed by atoms with Crippen LogP contribution in [0.5, 0.6) is 0 Å². The third-order valence-electron chi connectivity index (χ3n) is 1.89. The molecule has 70 valence electrons. The van der Waals surface area contributed by atoms with Gasteiger partial charge in [-0.15, -0.1) is 5.10 Å². The molecule has 1 atom stereocenters. The Labute approximate surface area is 78.7 Å². The zero-order valence-electron chi connectivity index (χ0n) is 7.11. The lowest BCUT2D eigenvalue weighted by Crippen LogP contribution is -2.01. The number of tetrazole rings is 1. The highest BCUT2D eigenvalue weighted by molar-refractivity contribution is 5.19. The summed E-state index contributed by atoms with van der Waals surface area (Å²) in [5.74, 6) is 0.600. The van der Waals surface area contributed by atoms with Gasteiger partial charge in [-0.2, -0.15) is 4.68 Å². The van der Waals surface area contributed by atoms with Crippen molar-refractivity contribution in [2.75, 3.05) is 6.61 Å². The van der Waals surface area contributed by atoms with Gasteiger partial charge in [-0.25, -0.2) is 4.98 Å². The third-order valence-corrected chi connectivity index (χ3v) is 1.89. The monoisotopic (exact) mass is 190 g/mol. The van der Waals surface area contributed by atoms with Gasteiger partial charge in [0.1, 0.15) is 12.4 Å². The fourth-order valence-electron chi connectivity index (χ4n) is 1.12. The summed E-state index contributed by atoms with van der Waals surface area (Å²) in [6.45, 7) is 0.716. The van der Waals surface area contributed by atoms with E-state index in [0.717, 1.165) is 5.69 Å². The average Bonchev–Trinajstić information content (AvgIpc) is 2.94. The number of hydrogen-bond acceptors (Lipinski definition) is 6. The van der Waals surface area contributed by atoms with Crippen molar-refractivity contribution in [2.45, 2.75) is 6.10 Å². The molecule has 0 N–H and O–H groups in total. The number of aromatic nitrogens is 6. The fraction of sp³-hybridized carbons (Fsp3) is 0.286. The van der Waals surface area contributed by atoms with Crippen LogP contribution in [0.15, 0.2) is 18.7 Å².